The summed E-state index contributed by atoms with van der Waals surface area (Å²) in [5.74, 6) is -1.35. The molecule has 1 saturated heterocycles. The molecule has 1 aliphatic heterocycles. The predicted octanol–water partition coefficient (Wildman–Crippen LogP) is 4.97. The van der Waals surface area contributed by atoms with Gasteiger partial charge in [-0.25, -0.2) is 9.69 Å². The molecule has 3 aromatic carbocycles. The fourth-order valence-corrected chi connectivity index (χ4v) is 4.27. The molecule has 0 saturated carbocycles. The van der Waals surface area contributed by atoms with Crippen molar-refractivity contribution in [3.63, 3.8) is 0 Å². The van der Waals surface area contributed by atoms with Crippen LogP contribution in [0.5, 0.6) is 0 Å². The summed E-state index contributed by atoms with van der Waals surface area (Å²) in [7, 11) is 0. The molecule has 0 radical (unpaired) electrons. The fraction of sp³-hybridized carbons (Fsp3) is 0.107. The van der Waals surface area contributed by atoms with E-state index < -0.39 is 17.8 Å². The van der Waals surface area contributed by atoms with Gasteiger partial charge in [-0.3, -0.25) is 14.9 Å². The lowest BCUT2D eigenvalue weighted by Gasteiger charge is -2.26. The van der Waals surface area contributed by atoms with Crippen molar-refractivity contribution in [3.8, 4) is 0 Å². The second-order valence-corrected chi connectivity index (χ2v) is 8.51. The molecule has 1 fully saturated rings. The fourth-order valence-electron chi connectivity index (χ4n) is 4.27. The van der Waals surface area contributed by atoms with Crippen molar-refractivity contribution in [2.24, 2.45) is 0 Å². The van der Waals surface area contributed by atoms with Gasteiger partial charge >= 0.3 is 6.03 Å². The van der Waals surface area contributed by atoms with E-state index >= 15 is 0 Å². The molecule has 0 bridgehead atoms. The van der Waals surface area contributed by atoms with Gasteiger partial charge in [-0.15, -0.1) is 0 Å². The van der Waals surface area contributed by atoms with Crippen LogP contribution in [-0.4, -0.2) is 22.4 Å². The minimum Gasteiger partial charge on any atom is -0.342 e. The van der Waals surface area contributed by atoms with Gasteiger partial charge in [-0.1, -0.05) is 65.7 Å². The molecule has 0 aliphatic carbocycles. The highest BCUT2D eigenvalue weighted by Gasteiger charge is 2.37. The van der Waals surface area contributed by atoms with Gasteiger partial charge in [-0.05, 0) is 43.7 Å². The third kappa shape index (κ3) is 3.90. The zero-order valence-electron chi connectivity index (χ0n) is 18.9. The number of urea groups is 1. The smallest absolute Gasteiger partial charge is 0.335 e. The molecule has 168 valence electrons. The van der Waals surface area contributed by atoms with Crippen LogP contribution in [0.1, 0.15) is 22.3 Å². The van der Waals surface area contributed by atoms with Crippen LogP contribution in [0, 0.1) is 13.8 Å². The number of hydrogen-bond acceptors (Lipinski definition) is 3. The molecule has 2 heterocycles. The maximum atomic E-state index is 13.3. The second kappa shape index (κ2) is 8.48. The van der Waals surface area contributed by atoms with Crippen LogP contribution < -0.4 is 10.2 Å². The number of hydrogen-bond donors (Lipinski definition) is 1. The van der Waals surface area contributed by atoms with Crippen LogP contribution >= 0.6 is 0 Å². The lowest BCUT2D eigenvalue weighted by molar-refractivity contribution is -0.122. The molecule has 1 aromatic heterocycles. The van der Waals surface area contributed by atoms with Gasteiger partial charge in [0.2, 0.25) is 0 Å². The van der Waals surface area contributed by atoms with Crippen molar-refractivity contribution in [1.82, 2.24) is 9.88 Å². The molecule has 1 N–H and O–H groups in total. The van der Waals surface area contributed by atoms with Gasteiger partial charge in [0.1, 0.15) is 5.57 Å². The number of aryl methyl sites for hydroxylation is 2. The Morgan fingerprint density at radius 3 is 2.38 bits per heavy atom. The van der Waals surface area contributed by atoms with Crippen LogP contribution in [-0.2, 0) is 16.1 Å². The molecule has 5 rings (SSSR count). The van der Waals surface area contributed by atoms with E-state index in [1.807, 2.05) is 55.6 Å². The molecule has 6 heteroatoms. The average Bonchev–Trinajstić information content (AvgIpc) is 3.15. The van der Waals surface area contributed by atoms with E-state index in [1.165, 1.54) is 5.56 Å². The standard InChI is InChI=1S/C28H23N3O3/c1-18-10-12-22(13-11-18)31-27(33)24(26(32)29-28(31)34)15-21-17-30(25-9-4-3-8-23(21)25)16-20-7-5-6-19(2)14-20/h3-15,17H,16H2,1-2H3,(H,29,32,34)/b24-15-. The molecule has 4 amide bonds. The van der Waals surface area contributed by atoms with Crippen molar-refractivity contribution < 1.29 is 14.4 Å². The monoisotopic (exact) mass is 449 g/mol. The highest BCUT2D eigenvalue weighted by molar-refractivity contribution is 6.39. The number of rotatable bonds is 4. The lowest BCUT2D eigenvalue weighted by atomic mass is 10.1. The van der Waals surface area contributed by atoms with Crippen molar-refractivity contribution >= 4 is 40.5 Å². The maximum Gasteiger partial charge on any atom is 0.335 e. The Kier molecular flexibility index (Phi) is 5.34. The van der Waals surface area contributed by atoms with Crippen molar-refractivity contribution in [3.05, 3.63) is 107 Å². The quantitative estimate of drug-likeness (QED) is 0.353. The van der Waals surface area contributed by atoms with Crippen LogP contribution in [0.4, 0.5) is 10.5 Å². The van der Waals surface area contributed by atoms with E-state index in [1.54, 1.807) is 18.2 Å². The number of fused-ring (bicyclic) bond motifs is 1. The molecule has 1 aliphatic rings. The SMILES string of the molecule is Cc1ccc(N2C(=O)NC(=O)/C(=C/c3cn(Cc4cccc(C)c4)c4ccccc34)C2=O)cc1. The zero-order chi connectivity index (χ0) is 23.8. The number of carbonyl (C=O) groups excluding carboxylic acids is 3. The Labute approximate surface area is 197 Å². The molecular weight excluding hydrogens is 426 g/mol. The number of imide groups is 2. The summed E-state index contributed by atoms with van der Waals surface area (Å²) < 4.78 is 2.10. The third-order valence-electron chi connectivity index (χ3n) is 5.95. The topological polar surface area (TPSA) is 71.4 Å². The zero-order valence-corrected chi connectivity index (χ0v) is 18.9. The van der Waals surface area contributed by atoms with E-state index in [0.717, 1.165) is 32.5 Å². The maximum absolute atomic E-state index is 13.3. The Balaban J connectivity index is 1.56. The van der Waals surface area contributed by atoms with E-state index in [0.29, 0.717) is 12.2 Å². The molecule has 0 spiro atoms. The molecule has 0 unspecified atom stereocenters. The summed E-state index contributed by atoms with van der Waals surface area (Å²) in [6.07, 6.45) is 3.51. The highest BCUT2D eigenvalue weighted by atomic mass is 16.2. The number of barbiturate groups is 1. The van der Waals surface area contributed by atoms with Crippen molar-refractivity contribution in [2.75, 3.05) is 4.90 Å². The minimum atomic E-state index is -0.752. The van der Waals surface area contributed by atoms with Gasteiger partial charge in [0.15, 0.2) is 0 Å². The van der Waals surface area contributed by atoms with E-state index in [4.69, 9.17) is 0 Å². The first-order valence-corrected chi connectivity index (χ1v) is 11.0. The van der Waals surface area contributed by atoms with Crippen LogP contribution in [0.3, 0.4) is 0 Å². The number of carbonyl (C=O) groups is 3. The lowest BCUT2D eigenvalue weighted by Crippen LogP contribution is -2.54. The third-order valence-corrected chi connectivity index (χ3v) is 5.95. The van der Waals surface area contributed by atoms with Crippen LogP contribution in [0.15, 0.2) is 84.6 Å². The van der Waals surface area contributed by atoms with Gasteiger partial charge in [0.25, 0.3) is 11.8 Å². The Morgan fingerprint density at radius 2 is 1.62 bits per heavy atom. The summed E-state index contributed by atoms with van der Waals surface area (Å²) in [6, 6.07) is 22.4. The number of nitrogens with zero attached hydrogens (tertiary/aromatic N) is 2. The summed E-state index contributed by atoms with van der Waals surface area (Å²) in [5, 5.41) is 3.21. The molecule has 34 heavy (non-hydrogen) atoms. The van der Waals surface area contributed by atoms with Crippen molar-refractivity contribution in [1.29, 1.82) is 0 Å². The summed E-state index contributed by atoms with van der Waals surface area (Å²) >= 11 is 0. The predicted molar refractivity (Wildman–Crippen MR) is 132 cm³/mol. The number of amides is 4. The van der Waals surface area contributed by atoms with E-state index in [9.17, 15) is 14.4 Å². The summed E-state index contributed by atoms with van der Waals surface area (Å²) in [5.41, 5.74) is 5.39. The van der Waals surface area contributed by atoms with Crippen molar-refractivity contribution in [2.45, 2.75) is 20.4 Å². The first kappa shape index (κ1) is 21.4. The number of anilines is 1. The normalized spacial score (nSPS) is 15.3. The number of para-hydroxylation sites is 1. The molecule has 6 nitrogen and oxygen atoms in total. The van der Waals surface area contributed by atoms with Gasteiger partial charge < -0.3 is 4.57 Å². The van der Waals surface area contributed by atoms with Gasteiger partial charge in [0.05, 0.1) is 5.69 Å². The Hall–Kier alpha value is -4.45. The van der Waals surface area contributed by atoms with E-state index in [2.05, 4.69) is 35.0 Å². The molecular formula is C28H23N3O3. The summed E-state index contributed by atoms with van der Waals surface area (Å²) in [6.45, 7) is 4.63. The first-order chi connectivity index (χ1) is 16.4. The Bertz CT molecular complexity index is 1480. The summed E-state index contributed by atoms with van der Waals surface area (Å²) in [4.78, 5) is 39.4. The molecule has 0 atom stereocenters. The minimum absolute atomic E-state index is 0.0846. The first-order valence-electron chi connectivity index (χ1n) is 11.0. The largest absolute Gasteiger partial charge is 0.342 e. The average molecular weight is 450 g/mol. The van der Waals surface area contributed by atoms with Crippen LogP contribution in [0.25, 0.3) is 17.0 Å². The number of nitrogens with one attached hydrogen (secondary N) is 1. The Morgan fingerprint density at radius 1 is 0.853 bits per heavy atom. The number of benzene rings is 3. The molecule has 4 aromatic rings. The second-order valence-electron chi connectivity index (χ2n) is 8.51. The van der Waals surface area contributed by atoms with Gasteiger partial charge in [-0.2, -0.15) is 0 Å². The highest BCUT2D eigenvalue weighted by Crippen LogP contribution is 2.27. The number of aromatic nitrogens is 1. The van der Waals surface area contributed by atoms with E-state index in [-0.39, 0.29) is 5.57 Å². The van der Waals surface area contributed by atoms with Crippen LogP contribution in [0.2, 0.25) is 0 Å². The van der Waals surface area contributed by atoms with Gasteiger partial charge in [0, 0.05) is 29.2 Å².